The molecule has 0 aliphatic heterocycles. The van der Waals surface area contributed by atoms with Gasteiger partial charge in [0.25, 0.3) is 0 Å². The molecule has 0 fully saturated rings. The number of amides is 1. The molecule has 2 N–H and O–H groups in total. The normalized spacial score (nSPS) is 13.4. The molecule has 0 saturated carbocycles. The van der Waals surface area contributed by atoms with Crippen LogP contribution in [0.4, 0.5) is 4.39 Å². The first-order valence-electron chi connectivity index (χ1n) is 6.65. The van der Waals surface area contributed by atoms with E-state index in [9.17, 15) is 14.0 Å². The Hall–Kier alpha value is -2.70. The molecule has 0 radical (unpaired) electrons. The van der Waals surface area contributed by atoms with Gasteiger partial charge in [-0.15, -0.1) is 0 Å². The van der Waals surface area contributed by atoms with Crippen LogP contribution in [0.1, 0.15) is 24.1 Å². The van der Waals surface area contributed by atoms with Gasteiger partial charge in [-0.2, -0.15) is 5.10 Å². The lowest BCUT2D eigenvalue weighted by Crippen LogP contribution is -2.36. The van der Waals surface area contributed by atoms with Crippen molar-refractivity contribution in [2.24, 2.45) is 13.0 Å². The Bertz CT molecular complexity index is 682. The Kier molecular flexibility index (Phi) is 4.55. The molecule has 0 aliphatic carbocycles. The predicted molar refractivity (Wildman–Crippen MR) is 76.4 cm³/mol. The molecule has 1 aromatic carbocycles. The van der Waals surface area contributed by atoms with Crippen LogP contribution in [0.2, 0.25) is 0 Å². The number of carboxylic acids is 1. The van der Waals surface area contributed by atoms with Crippen molar-refractivity contribution in [3.63, 3.8) is 0 Å². The maximum absolute atomic E-state index is 13.1. The zero-order chi connectivity index (χ0) is 16.3. The summed E-state index contributed by atoms with van der Waals surface area (Å²) in [5.74, 6) is -3.40. The third-order valence-electron chi connectivity index (χ3n) is 3.31. The van der Waals surface area contributed by atoms with Gasteiger partial charge in [-0.1, -0.05) is 12.1 Å². The van der Waals surface area contributed by atoms with E-state index < -0.39 is 23.8 Å². The Morgan fingerprint density at radius 1 is 1.27 bits per heavy atom. The molecule has 0 aliphatic rings. The first-order chi connectivity index (χ1) is 10.4. The molecule has 116 valence electrons. The van der Waals surface area contributed by atoms with Gasteiger partial charge < -0.3 is 10.4 Å². The Balaban J connectivity index is 2.32. The number of aromatic nitrogens is 2. The summed E-state index contributed by atoms with van der Waals surface area (Å²) in [7, 11) is 1.73. The number of aliphatic carboxylic acids is 1. The number of halogens is 1. The van der Waals surface area contributed by atoms with Gasteiger partial charge in [0, 0.05) is 18.8 Å². The zero-order valence-electron chi connectivity index (χ0n) is 12.2. The lowest BCUT2D eigenvalue weighted by atomic mass is 10.0. The summed E-state index contributed by atoms with van der Waals surface area (Å²) in [4.78, 5) is 22.9. The van der Waals surface area contributed by atoms with Crippen LogP contribution in [-0.4, -0.2) is 26.8 Å². The molecule has 2 aromatic rings. The molecule has 1 amide bonds. The molecular weight excluding hydrogens is 289 g/mol. The lowest BCUT2D eigenvalue weighted by Gasteiger charge is -2.19. The molecule has 1 aromatic heterocycles. The summed E-state index contributed by atoms with van der Waals surface area (Å²) in [5, 5.41) is 15.6. The van der Waals surface area contributed by atoms with Crippen LogP contribution in [0.5, 0.6) is 0 Å². The molecule has 0 spiro atoms. The van der Waals surface area contributed by atoms with E-state index in [2.05, 4.69) is 10.4 Å². The molecule has 7 heteroatoms. The van der Waals surface area contributed by atoms with E-state index in [1.807, 2.05) is 0 Å². The fourth-order valence-corrected chi connectivity index (χ4v) is 1.98. The van der Waals surface area contributed by atoms with Gasteiger partial charge in [-0.05, 0) is 24.6 Å². The molecule has 2 atom stereocenters. The number of aryl methyl sites for hydroxylation is 1. The van der Waals surface area contributed by atoms with Crippen LogP contribution in [0, 0.1) is 11.7 Å². The van der Waals surface area contributed by atoms with Gasteiger partial charge in [-0.25, -0.2) is 4.39 Å². The maximum atomic E-state index is 13.1. The largest absolute Gasteiger partial charge is 0.481 e. The van der Waals surface area contributed by atoms with E-state index >= 15 is 0 Å². The molecular formula is C15H16FN3O3. The highest BCUT2D eigenvalue weighted by Crippen LogP contribution is 2.22. The number of carboxylic acid groups (broad SMARTS) is 1. The number of rotatable bonds is 5. The highest BCUT2D eigenvalue weighted by molar-refractivity contribution is 5.96. The number of hydrogen-bond donors (Lipinski definition) is 2. The van der Waals surface area contributed by atoms with E-state index in [1.165, 1.54) is 19.1 Å². The van der Waals surface area contributed by atoms with Crippen LogP contribution in [0.25, 0.3) is 0 Å². The van der Waals surface area contributed by atoms with Crippen molar-refractivity contribution in [3.05, 3.63) is 53.6 Å². The SMILES string of the molecule is CC(C(=O)O)C(=O)NC(c1ccc(F)cc1)c1cnn(C)c1. The van der Waals surface area contributed by atoms with E-state index in [0.29, 0.717) is 11.1 Å². The lowest BCUT2D eigenvalue weighted by molar-refractivity contribution is -0.146. The first-order valence-corrected chi connectivity index (χ1v) is 6.65. The van der Waals surface area contributed by atoms with Crippen molar-refractivity contribution in [2.75, 3.05) is 0 Å². The van der Waals surface area contributed by atoms with Crippen molar-refractivity contribution in [2.45, 2.75) is 13.0 Å². The van der Waals surface area contributed by atoms with Gasteiger partial charge >= 0.3 is 5.97 Å². The Labute approximate surface area is 126 Å². The molecule has 2 unspecified atom stereocenters. The van der Waals surface area contributed by atoms with Crippen molar-refractivity contribution in [3.8, 4) is 0 Å². The minimum Gasteiger partial charge on any atom is -0.481 e. The zero-order valence-corrected chi connectivity index (χ0v) is 12.2. The molecule has 1 heterocycles. The third-order valence-corrected chi connectivity index (χ3v) is 3.31. The Morgan fingerprint density at radius 3 is 2.41 bits per heavy atom. The van der Waals surface area contributed by atoms with Crippen LogP contribution in [0.15, 0.2) is 36.7 Å². The van der Waals surface area contributed by atoms with Gasteiger partial charge in [0.1, 0.15) is 11.7 Å². The third kappa shape index (κ3) is 3.49. The topological polar surface area (TPSA) is 84.2 Å². The van der Waals surface area contributed by atoms with E-state index in [-0.39, 0.29) is 5.82 Å². The van der Waals surface area contributed by atoms with E-state index in [0.717, 1.165) is 0 Å². The fourth-order valence-electron chi connectivity index (χ4n) is 1.98. The van der Waals surface area contributed by atoms with E-state index in [4.69, 9.17) is 5.11 Å². The summed E-state index contributed by atoms with van der Waals surface area (Å²) in [6, 6.07) is 5.05. The smallest absolute Gasteiger partial charge is 0.315 e. The standard InChI is InChI=1S/C15H16FN3O3/c1-9(15(21)22)14(20)18-13(11-7-17-19(2)8-11)10-3-5-12(16)6-4-10/h3-9,13H,1-2H3,(H,18,20)(H,21,22). The minimum absolute atomic E-state index is 0.390. The summed E-state index contributed by atoms with van der Waals surface area (Å²) < 4.78 is 14.6. The second-order valence-corrected chi connectivity index (χ2v) is 5.00. The summed E-state index contributed by atoms with van der Waals surface area (Å²) in [6.07, 6.45) is 3.28. The van der Waals surface area contributed by atoms with Crippen LogP contribution in [-0.2, 0) is 16.6 Å². The number of nitrogens with zero attached hydrogens (tertiary/aromatic N) is 2. The van der Waals surface area contributed by atoms with Gasteiger partial charge in [0.05, 0.1) is 12.2 Å². The predicted octanol–water partition coefficient (Wildman–Crippen LogP) is 1.49. The highest BCUT2D eigenvalue weighted by Gasteiger charge is 2.25. The molecule has 6 nitrogen and oxygen atoms in total. The number of benzene rings is 1. The Morgan fingerprint density at radius 2 is 1.91 bits per heavy atom. The van der Waals surface area contributed by atoms with Gasteiger partial charge in [0.15, 0.2) is 0 Å². The summed E-state index contributed by atoms with van der Waals surface area (Å²) in [6.45, 7) is 1.31. The maximum Gasteiger partial charge on any atom is 0.315 e. The second-order valence-electron chi connectivity index (χ2n) is 5.00. The number of carbonyl (C=O) groups excluding carboxylic acids is 1. The molecule has 2 rings (SSSR count). The monoisotopic (exact) mass is 305 g/mol. The highest BCUT2D eigenvalue weighted by atomic mass is 19.1. The van der Waals surface area contributed by atoms with E-state index in [1.54, 1.807) is 36.3 Å². The summed E-state index contributed by atoms with van der Waals surface area (Å²) >= 11 is 0. The van der Waals surface area contributed by atoms with Crippen LogP contribution < -0.4 is 5.32 Å². The average Bonchev–Trinajstić information content (AvgIpc) is 2.91. The van der Waals surface area contributed by atoms with Gasteiger partial charge in [-0.3, -0.25) is 14.3 Å². The van der Waals surface area contributed by atoms with Gasteiger partial charge in [0.2, 0.25) is 5.91 Å². The minimum atomic E-state index is -1.21. The first kappa shape index (κ1) is 15.7. The molecule has 0 saturated heterocycles. The van der Waals surface area contributed by atoms with Crippen molar-refractivity contribution in [1.29, 1.82) is 0 Å². The summed E-state index contributed by atoms with van der Waals surface area (Å²) in [5.41, 5.74) is 1.32. The quantitative estimate of drug-likeness (QED) is 0.820. The van der Waals surface area contributed by atoms with Crippen molar-refractivity contribution >= 4 is 11.9 Å². The number of carbonyl (C=O) groups is 2. The fraction of sp³-hybridized carbons (Fsp3) is 0.267. The van der Waals surface area contributed by atoms with Crippen LogP contribution >= 0.6 is 0 Å². The number of nitrogens with one attached hydrogen (secondary N) is 1. The van der Waals surface area contributed by atoms with Crippen molar-refractivity contribution in [1.82, 2.24) is 15.1 Å². The van der Waals surface area contributed by atoms with Crippen molar-refractivity contribution < 1.29 is 19.1 Å². The van der Waals surface area contributed by atoms with Crippen LogP contribution in [0.3, 0.4) is 0 Å². The number of hydrogen-bond acceptors (Lipinski definition) is 3. The second kappa shape index (κ2) is 6.38. The molecule has 0 bridgehead atoms. The average molecular weight is 305 g/mol. The molecule has 22 heavy (non-hydrogen) atoms.